The molecule has 0 atom stereocenters. The van der Waals surface area contributed by atoms with Gasteiger partial charge in [-0.25, -0.2) is 0 Å². The lowest BCUT2D eigenvalue weighted by Crippen LogP contribution is -2.06. The van der Waals surface area contributed by atoms with Gasteiger partial charge in [-0.2, -0.15) is 0 Å². The number of Topliss-reactive ketones (excluding diaryl/α,β-unsaturated/α-hetero) is 1. The van der Waals surface area contributed by atoms with Gasteiger partial charge in [0.25, 0.3) is 0 Å². The average molecular weight is 198 g/mol. The van der Waals surface area contributed by atoms with Gasteiger partial charge in [0.05, 0.1) is 0 Å². The second kappa shape index (κ2) is 6.99. The van der Waals surface area contributed by atoms with Gasteiger partial charge in [0.1, 0.15) is 5.78 Å². The molecule has 0 amide bonds. The van der Waals surface area contributed by atoms with E-state index in [0.29, 0.717) is 12.2 Å². The molecule has 0 saturated heterocycles. The first-order valence-corrected chi connectivity index (χ1v) is 5.86. The number of hydrogen-bond acceptors (Lipinski definition) is 2. The van der Waals surface area contributed by atoms with Gasteiger partial charge < -0.3 is 9.53 Å². The zero-order chi connectivity index (χ0) is 10.2. The summed E-state index contributed by atoms with van der Waals surface area (Å²) in [4.78, 5) is 10.6. The van der Waals surface area contributed by atoms with Gasteiger partial charge in [0, 0.05) is 19.6 Å². The van der Waals surface area contributed by atoms with Crippen molar-refractivity contribution < 1.29 is 9.53 Å². The maximum atomic E-state index is 10.6. The fraction of sp³-hybridized carbons (Fsp3) is 0.917. The molecule has 1 rings (SSSR count). The van der Waals surface area contributed by atoms with E-state index in [2.05, 4.69) is 0 Å². The number of carbonyl (C=O) groups is 1. The van der Waals surface area contributed by atoms with Crippen molar-refractivity contribution in [2.45, 2.75) is 51.9 Å². The molecule has 0 radical (unpaired) electrons. The molecule has 0 heterocycles. The monoisotopic (exact) mass is 198 g/mol. The van der Waals surface area contributed by atoms with Crippen molar-refractivity contribution in [3.63, 3.8) is 0 Å². The van der Waals surface area contributed by atoms with Crippen LogP contribution in [0.4, 0.5) is 0 Å². The van der Waals surface area contributed by atoms with Crippen molar-refractivity contribution in [1.82, 2.24) is 0 Å². The van der Waals surface area contributed by atoms with E-state index in [9.17, 15) is 4.79 Å². The van der Waals surface area contributed by atoms with Crippen LogP contribution in [0.15, 0.2) is 0 Å². The fourth-order valence-corrected chi connectivity index (χ4v) is 2.01. The summed E-state index contributed by atoms with van der Waals surface area (Å²) in [6.45, 7) is 3.43. The van der Waals surface area contributed by atoms with Crippen LogP contribution in [0.25, 0.3) is 0 Å². The molecule has 1 aliphatic rings. The first-order valence-electron chi connectivity index (χ1n) is 5.86. The maximum Gasteiger partial charge on any atom is 0.129 e. The zero-order valence-corrected chi connectivity index (χ0v) is 9.26. The maximum absolute atomic E-state index is 10.6. The highest BCUT2D eigenvalue weighted by atomic mass is 16.5. The van der Waals surface area contributed by atoms with Crippen LogP contribution < -0.4 is 0 Å². The van der Waals surface area contributed by atoms with Crippen LogP contribution in [0.1, 0.15) is 51.9 Å². The highest BCUT2D eigenvalue weighted by molar-refractivity contribution is 5.75. The van der Waals surface area contributed by atoms with Crippen LogP contribution in [0.3, 0.4) is 0 Å². The molecule has 0 spiro atoms. The van der Waals surface area contributed by atoms with E-state index in [1.165, 1.54) is 25.7 Å². The van der Waals surface area contributed by atoms with E-state index in [1.807, 2.05) is 0 Å². The Labute approximate surface area is 87.0 Å². The molecule has 1 fully saturated rings. The van der Waals surface area contributed by atoms with Crippen molar-refractivity contribution >= 4 is 5.78 Å². The largest absolute Gasteiger partial charge is 0.381 e. The Morgan fingerprint density at radius 1 is 1.29 bits per heavy atom. The third-order valence-corrected chi connectivity index (χ3v) is 2.90. The van der Waals surface area contributed by atoms with Gasteiger partial charge in [-0.3, -0.25) is 0 Å². The summed E-state index contributed by atoms with van der Waals surface area (Å²) in [6, 6.07) is 0. The number of ketones is 1. The van der Waals surface area contributed by atoms with Crippen molar-refractivity contribution in [3.8, 4) is 0 Å². The highest BCUT2D eigenvalue weighted by Gasteiger charge is 2.14. The van der Waals surface area contributed by atoms with Gasteiger partial charge in [-0.15, -0.1) is 0 Å². The Morgan fingerprint density at radius 2 is 2.00 bits per heavy atom. The molecule has 2 heteroatoms. The Bertz CT molecular complexity index is 160. The first-order chi connectivity index (χ1) is 6.79. The van der Waals surface area contributed by atoms with Gasteiger partial charge in [-0.05, 0) is 38.5 Å². The summed E-state index contributed by atoms with van der Waals surface area (Å²) in [6.07, 6.45) is 8.22. The van der Waals surface area contributed by atoms with Crippen LogP contribution in [-0.2, 0) is 9.53 Å². The fourth-order valence-electron chi connectivity index (χ4n) is 2.01. The Kier molecular flexibility index (Phi) is 5.85. The molecule has 0 unspecified atom stereocenters. The lowest BCUT2D eigenvalue weighted by Gasteiger charge is -2.09. The topological polar surface area (TPSA) is 26.3 Å². The van der Waals surface area contributed by atoms with E-state index in [4.69, 9.17) is 4.74 Å². The Morgan fingerprint density at radius 3 is 2.64 bits per heavy atom. The van der Waals surface area contributed by atoms with Crippen LogP contribution in [0, 0.1) is 5.92 Å². The third-order valence-electron chi connectivity index (χ3n) is 2.90. The van der Waals surface area contributed by atoms with E-state index in [0.717, 1.165) is 32.0 Å². The molecule has 0 aromatic heterocycles. The molecular weight excluding hydrogens is 176 g/mol. The second-order valence-electron chi connectivity index (χ2n) is 4.38. The minimum Gasteiger partial charge on any atom is -0.381 e. The third kappa shape index (κ3) is 5.38. The molecule has 1 aliphatic carbocycles. The number of rotatable bonds is 7. The summed E-state index contributed by atoms with van der Waals surface area (Å²) in [5, 5.41) is 0. The standard InChI is InChI=1S/C12H22O2/c1-11(13)6-4-5-9-14-10-12-7-2-3-8-12/h12H,2-10H2,1H3. The highest BCUT2D eigenvalue weighted by Crippen LogP contribution is 2.24. The lowest BCUT2D eigenvalue weighted by molar-refractivity contribution is -0.117. The van der Waals surface area contributed by atoms with Gasteiger partial charge in [-0.1, -0.05) is 12.8 Å². The molecule has 14 heavy (non-hydrogen) atoms. The predicted molar refractivity (Wildman–Crippen MR) is 57.3 cm³/mol. The van der Waals surface area contributed by atoms with Crippen LogP contribution in [-0.4, -0.2) is 19.0 Å². The van der Waals surface area contributed by atoms with Crippen molar-refractivity contribution in [3.05, 3.63) is 0 Å². The number of unbranched alkanes of at least 4 members (excludes halogenated alkanes) is 1. The van der Waals surface area contributed by atoms with Crippen LogP contribution in [0.5, 0.6) is 0 Å². The summed E-state index contributed by atoms with van der Waals surface area (Å²) < 4.78 is 5.59. The second-order valence-corrected chi connectivity index (χ2v) is 4.38. The SMILES string of the molecule is CC(=O)CCCCOCC1CCCC1. The summed E-state index contributed by atoms with van der Waals surface area (Å²) in [7, 11) is 0. The zero-order valence-electron chi connectivity index (χ0n) is 9.26. The number of carbonyl (C=O) groups excluding carboxylic acids is 1. The van der Waals surface area contributed by atoms with Crippen molar-refractivity contribution in [2.24, 2.45) is 5.92 Å². The van der Waals surface area contributed by atoms with E-state index in [1.54, 1.807) is 6.92 Å². The van der Waals surface area contributed by atoms with E-state index < -0.39 is 0 Å². The molecule has 0 aromatic rings. The van der Waals surface area contributed by atoms with Crippen molar-refractivity contribution in [1.29, 1.82) is 0 Å². The molecule has 0 N–H and O–H groups in total. The van der Waals surface area contributed by atoms with Crippen molar-refractivity contribution in [2.75, 3.05) is 13.2 Å². The van der Waals surface area contributed by atoms with Gasteiger partial charge in [0.2, 0.25) is 0 Å². The Balaban J connectivity index is 1.82. The minimum atomic E-state index is 0.292. The molecule has 82 valence electrons. The molecule has 0 aliphatic heterocycles. The number of ether oxygens (including phenoxy) is 1. The predicted octanol–water partition coefficient (Wildman–Crippen LogP) is 2.95. The number of hydrogen-bond donors (Lipinski definition) is 0. The summed E-state index contributed by atoms with van der Waals surface area (Å²) >= 11 is 0. The molecule has 0 bridgehead atoms. The summed E-state index contributed by atoms with van der Waals surface area (Å²) in [5.74, 6) is 1.11. The first kappa shape index (κ1) is 11.7. The smallest absolute Gasteiger partial charge is 0.129 e. The van der Waals surface area contributed by atoms with Gasteiger partial charge in [0.15, 0.2) is 0 Å². The van der Waals surface area contributed by atoms with Crippen LogP contribution >= 0.6 is 0 Å². The molecule has 0 aromatic carbocycles. The Hall–Kier alpha value is -0.370. The van der Waals surface area contributed by atoms with Crippen LogP contribution in [0.2, 0.25) is 0 Å². The quantitative estimate of drug-likeness (QED) is 0.588. The molecular formula is C12H22O2. The van der Waals surface area contributed by atoms with E-state index >= 15 is 0 Å². The van der Waals surface area contributed by atoms with Gasteiger partial charge >= 0.3 is 0 Å². The average Bonchev–Trinajstić information content (AvgIpc) is 2.63. The molecule has 1 saturated carbocycles. The summed E-state index contributed by atoms with van der Waals surface area (Å²) in [5.41, 5.74) is 0. The van der Waals surface area contributed by atoms with E-state index in [-0.39, 0.29) is 0 Å². The molecule has 2 nitrogen and oxygen atoms in total. The minimum absolute atomic E-state index is 0.292. The lowest BCUT2D eigenvalue weighted by atomic mass is 10.1. The normalized spacial score (nSPS) is 17.5.